The lowest BCUT2D eigenvalue weighted by atomic mass is 10.0. The van der Waals surface area contributed by atoms with E-state index in [9.17, 15) is 18.9 Å². The summed E-state index contributed by atoms with van der Waals surface area (Å²) >= 11 is 0. The standard InChI is InChI=1S/C22H16F2N2O4/c1-2-9-29-15-5-7-16(19(24)12-15)13-3-6-17(18(23)10-13)22-25-20-11-14(26(27)28)4-8-21(20)30-22/h3-8,10-12H,2,9H2,1H3. The van der Waals surface area contributed by atoms with E-state index in [1.807, 2.05) is 6.92 Å². The minimum Gasteiger partial charge on any atom is -0.494 e. The number of hydrogen-bond acceptors (Lipinski definition) is 5. The van der Waals surface area contributed by atoms with Crippen molar-refractivity contribution in [2.24, 2.45) is 0 Å². The van der Waals surface area contributed by atoms with Gasteiger partial charge in [-0.15, -0.1) is 0 Å². The van der Waals surface area contributed by atoms with Gasteiger partial charge in [-0.2, -0.15) is 0 Å². The minimum absolute atomic E-state index is 0.0154. The summed E-state index contributed by atoms with van der Waals surface area (Å²) in [7, 11) is 0. The Labute approximate surface area is 169 Å². The summed E-state index contributed by atoms with van der Waals surface area (Å²) in [6.45, 7) is 2.43. The van der Waals surface area contributed by atoms with Crippen LogP contribution in [0.5, 0.6) is 5.75 Å². The van der Waals surface area contributed by atoms with Crippen molar-refractivity contribution in [3.8, 4) is 28.3 Å². The lowest BCUT2D eigenvalue weighted by Gasteiger charge is -2.09. The Morgan fingerprint density at radius 1 is 1.03 bits per heavy atom. The highest BCUT2D eigenvalue weighted by molar-refractivity contribution is 5.79. The number of ether oxygens (including phenoxy) is 1. The van der Waals surface area contributed by atoms with Crippen LogP contribution in [0.1, 0.15) is 13.3 Å². The number of hydrogen-bond donors (Lipinski definition) is 0. The van der Waals surface area contributed by atoms with Crippen LogP contribution >= 0.6 is 0 Å². The number of non-ortho nitro benzene ring substituents is 1. The molecule has 0 spiro atoms. The average molecular weight is 410 g/mol. The number of nitrogens with zero attached hydrogens (tertiary/aromatic N) is 2. The molecule has 4 aromatic rings. The maximum absolute atomic E-state index is 14.8. The molecule has 30 heavy (non-hydrogen) atoms. The van der Waals surface area contributed by atoms with Gasteiger partial charge in [-0.1, -0.05) is 13.0 Å². The van der Waals surface area contributed by atoms with Crippen LogP contribution in [0, 0.1) is 21.7 Å². The molecule has 0 N–H and O–H groups in total. The van der Waals surface area contributed by atoms with Crippen LogP contribution in [0.25, 0.3) is 33.7 Å². The topological polar surface area (TPSA) is 78.4 Å². The van der Waals surface area contributed by atoms with E-state index in [4.69, 9.17) is 9.15 Å². The number of nitro benzene ring substituents is 1. The summed E-state index contributed by atoms with van der Waals surface area (Å²) in [5.74, 6) is -0.779. The Kier molecular flexibility index (Phi) is 5.14. The van der Waals surface area contributed by atoms with E-state index in [2.05, 4.69) is 4.98 Å². The molecule has 0 aliphatic rings. The molecular weight excluding hydrogens is 394 g/mol. The van der Waals surface area contributed by atoms with Gasteiger partial charge < -0.3 is 9.15 Å². The van der Waals surface area contributed by atoms with Crippen molar-refractivity contribution in [2.45, 2.75) is 13.3 Å². The molecule has 1 heterocycles. The highest BCUT2D eigenvalue weighted by Crippen LogP contribution is 2.32. The Morgan fingerprint density at radius 3 is 2.50 bits per heavy atom. The maximum Gasteiger partial charge on any atom is 0.271 e. The van der Waals surface area contributed by atoms with E-state index in [-0.39, 0.29) is 28.2 Å². The van der Waals surface area contributed by atoms with Crippen LogP contribution in [0.3, 0.4) is 0 Å². The number of oxazole rings is 1. The number of fused-ring (bicyclic) bond motifs is 1. The van der Waals surface area contributed by atoms with Gasteiger partial charge in [0.15, 0.2) is 5.58 Å². The minimum atomic E-state index is -0.653. The largest absolute Gasteiger partial charge is 0.494 e. The maximum atomic E-state index is 14.8. The predicted octanol–water partition coefficient (Wildman–Crippen LogP) is 6.14. The molecule has 152 valence electrons. The molecule has 0 saturated heterocycles. The number of halogens is 2. The third-order valence-electron chi connectivity index (χ3n) is 4.51. The van der Waals surface area contributed by atoms with E-state index in [0.29, 0.717) is 23.5 Å². The number of rotatable bonds is 6. The van der Waals surface area contributed by atoms with Crippen LogP contribution in [-0.2, 0) is 0 Å². The molecule has 0 aliphatic heterocycles. The summed E-state index contributed by atoms with van der Waals surface area (Å²) in [6, 6.07) is 12.6. The van der Waals surface area contributed by atoms with Crippen molar-refractivity contribution in [3.05, 3.63) is 76.3 Å². The molecule has 0 bridgehead atoms. The zero-order valence-electron chi connectivity index (χ0n) is 15.9. The van der Waals surface area contributed by atoms with Crippen molar-refractivity contribution in [1.82, 2.24) is 4.98 Å². The van der Waals surface area contributed by atoms with Crippen LogP contribution in [-0.4, -0.2) is 16.5 Å². The SMILES string of the molecule is CCCOc1ccc(-c2ccc(-c3nc4cc([N+](=O)[O-])ccc4o3)c(F)c2)c(F)c1. The Balaban J connectivity index is 1.67. The normalized spacial score (nSPS) is 11.0. The summed E-state index contributed by atoms with van der Waals surface area (Å²) < 4.78 is 40.2. The summed E-state index contributed by atoms with van der Waals surface area (Å²) in [6.07, 6.45) is 0.805. The summed E-state index contributed by atoms with van der Waals surface area (Å²) in [4.78, 5) is 14.5. The van der Waals surface area contributed by atoms with Crippen molar-refractivity contribution in [1.29, 1.82) is 0 Å². The second-order valence-electron chi connectivity index (χ2n) is 6.61. The number of aromatic nitrogens is 1. The molecule has 0 amide bonds. The molecule has 1 aromatic heterocycles. The van der Waals surface area contributed by atoms with E-state index in [1.54, 1.807) is 12.1 Å². The van der Waals surface area contributed by atoms with Crippen LogP contribution in [0.2, 0.25) is 0 Å². The van der Waals surface area contributed by atoms with Gasteiger partial charge in [0, 0.05) is 23.8 Å². The number of nitro groups is 1. The van der Waals surface area contributed by atoms with Gasteiger partial charge in [-0.05, 0) is 42.3 Å². The third-order valence-corrected chi connectivity index (χ3v) is 4.51. The van der Waals surface area contributed by atoms with Gasteiger partial charge in [0.2, 0.25) is 5.89 Å². The van der Waals surface area contributed by atoms with Gasteiger partial charge >= 0.3 is 0 Å². The van der Waals surface area contributed by atoms with Crippen LogP contribution in [0.15, 0.2) is 59.0 Å². The van der Waals surface area contributed by atoms with Gasteiger partial charge in [-0.25, -0.2) is 13.8 Å². The monoisotopic (exact) mass is 410 g/mol. The van der Waals surface area contributed by atoms with E-state index in [0.717, 1.165) is 6.42 Å². The predicted molar refractivity (Wildman–Crippen MR) is 107 cm³/mol. The first-order valence-electron chi connectivity index (χ1n) is 9.24. The molecule has 3 aromatic carbocycles. The molecule has 0 saturated carbocycles. The fourth-order valence-corrected chi connectivity index (χ4v) is 3.04. The Bertz CT molecular complexity index is 1250. The molecule has 4 rings (SSSR count). The second kappa shape index (κ2) is 7.90. The first-order chi connectivity index (χ1) is 14.5. The molecule has 6 nitrogen and oxygen atoms in total. The number of benzene rings is 3. The van der Waals surface area contributed by atoms with Gasteiger partial charge in [0.1, 0.15) is 22.9 Å². The highest BCUT2D eigenvalue weighted by Gasteiger charge is 2.17. The summed E-state index contributed by atoms with van der Waals surface area (Å²) in [5.41, 5.74) is 1.06. The smallest absolute Gasteiger partial charge is 0.271 e. The molecule has 8 heteroatoms. The average Bonchev–Trinajstić information content (AvgIpc) is 3.15. The lowest BCUT2D eigenvalue weighted by molar-refractivity contribution is -0.384. The van der Waals surface area contributed by atoms with Crippen molar-refractivity contribution >= 4 is 16.8 Å². The zero-order chi connectivity index (χ0) is 21.3. The van der Waals surface area contributed by atoms with Crippen LogP contribution < -0.4 is 4.74 Å². The highest BCUT2D eigenvalue weighted by atomic mass is 19.1. The Morgan fingerprint density at radius 2 is 1.80 bits per heavy atom. The fraction of sp³-hybridized carbons (Fsp3) is 0.136. The molecular formula is C22H16F2N2O4. The zero-order valence-corrected chi connectivity index (χ0v) is 15.9. The first kappa shape index (κ1) is 19.5. The summed E-state index contributed by atoms with van der Waals surface area (Å²) in [5, 5.41) is 10.9. The van der Waals surface area contributed by atoms with Crippen molar-refractivity contribution < 1.29 is 22.9 Å². The van der Waals surface area contributed by atoms with E-state index >= 15 is 0 Å². The second-order valence-corrected chi connectivity index (χ2v) is 6.61. The van der Waals surface area contributed by atoms with Gasteiger partial charge in [0.25, 0.3) is 5.69 Å². The lowest BCUT2D eigenvalue weighted by Crippen LogP contribution is -1.96. The molecule has 0 atom stereocenters. The van der Waals surface area contributed by atoms with Gasteiger partial charge in [-0.3, -0.25) is 10.1 Å². The molecule has 0 radical (unpaired) electrons. The van der Waals surface area contributed by atoms with E-state index in [1.165, 1.54) is 42.5 Å². The third kappa shape index (κ3) is 3.71. The fourth-order valence-electron chi connectivity index (χ4n) is 3.04. The molecule has 0 fully saturated rings. The van der Waals surface area contributed by atoms with E-state index < -0.39 is 16.6 Å². The molecule has 0 aliphatic carbocycles. The molecule has 0 unspecified atom stereocenters. The van der Waals surface area contributed by atoms with Gasteiger partial charge in [0.05, 0.1) is 17.1 Å². The van der Waals surface area contributed by atoms with Crippen molar-refractivity contribution in [3.63, 3.8) is 0 Å². The van der Waals surface area contributed by atoms with Crippen LogP contribution in [0.4, 0.5) is 14.5 Å². The van der Waals surface area contributed by atoms with Crippen molar-refractivity contribution in [2.75, 3.05) is 6.61 Å². The Hall–Kier alpha value is -3.81. The quantitative estimate of drug-likeness (QED) is 0.282. The first-order valence-corrected chi connectivity index (χ1v) is 9.24.